The molecule has 0 saturated carbocycles. The fourth-order valence-corrected chi connectivity index (χ4v) is 4.94. The number of hydrogen-bond donors (Lipinski definition) is 1. The van der Waals surface area contributed by atoms with E-state index in [1.165, 1.54) is 7.11 Å². The van der Waals surface area contributed by atoms with Gasteiger partial charge in [-0.15, -0.1) is 0 Å². The average molecular weight is 416 g/mol. The maximum atomic E-state index is 13.3. The lowest BCUT2D eigenvalue weighted by atomic mass is 9.72. The fourth-order valence-electron chi connectivity index (χ4n) is 4.94. The molecule has 0 bridgehead atoms. The number of esters is 1. The zero-order chi connectivity index (χ0) is 22.0. The lowest BCUT2D eigenvalue weighted by molar-refractivity contribution is -0.136. The van der Waals surface area contributed by atoms with E-state index in [-0.39, 0.29) is 5.78 Å². The van der Waals surface area contributed by atoms with E-state index < -0.39 is 11.9 Å². The van der Waals surface area contributed by atoms with Crippen molar-refractivity contribution in [3.8, 4) is 11.1 Å². The van der Waals surface area contributed by atoms with Gasteiger partial charge in [0.05, 0.1) is 12.7 Å². The second kappa shape index (κ2) is 8.93. The van der Waals surface area contributed by atoms with Crippen molar-refractivity contribution in [2.24, 2.45) is 5.92 Å². The van der Waals surface area contributed by atoms with Gasteiger partial charge in [0.15, 0.2) is 5.78 Å². The molecule has 2 aromatic rings. The Bertz CT molecular complexity index is 1050. The van der Waals surface area contributed by atoms with E-state index in [1.807, 2.05) is 37.3 Å². The number of ether oxygens (including phenoxy) is 1. The minimum Gasteiger partial charge on any atom is -0.466 e. The Morgan fingerprint density at radius 3 is 2.35 bits per heavy atom. The zero-order valence-electron chi connectivity index (χ0n) is 18.4. The highest BCUT2D eigenvalue weighted by atomic mass is 16.5. The number of hydrogen-bond acceptors (Lipinski definition) is 4. The highest BCUT2D eigenvalue weighted by molar-refractivity contribution is 6.04. The van der Waals surface area contributed by atoms with E-state index in [0.29, 0.717) is 17.9 Å². The summed E-state index contributed by atoms with van der Waals surface area (Å²) in [5, 5.41) is 3.38. The molecule has 1 aliphatic carbocycles. The van der Waals surface area contributed by atoms with Crippen molar-refractivity contribution in [1.29, 1.82) is 0 Å². The van der Waals surface area contributed by atoms with Crippen molar-refractivity contribution in [3.05, 3.63) is 82.7 Å². The molecule has 4 rings (SSSR count). The van der Waals surface area contributed by atoms with Gasteiger partial charge >= 0.3 is 5.97 Å². The molecule has 1 heterocycles. The first-order chi connectivity index (χ1) is 15.0. The van der Waals surface area contributed by atoms with Gasteiger partial charge in [-0.2, -0.15) is 0 Å². The van der Waals surface area contributed by atoms with Crippen molar-refractivity contribution >= 4 is 11.8 Å². The molecule has 0 fully saturated rings. The number of carbonyl (C=O) groups is 2. The van der Waals surface area contributed by atoms with Crippen LogP contribution in [0.1, 0.15) is 51.0 Å². The van der Waals surface area contributed by atoms with Gasteiger partial charge in [0.2, 0.25) is 0 Å². The molecule has 4 nitrogen and oxygen atoms in total. The quantitative estimate of drug-likeness (QED) is 0.653. The molecule has 31 heavy (non-hydrogen) atoms. The highest BCUT2D eigenvalue weighted by Gasteiger charge is 2.40. The minimum atomic E-state index is -0.399. The molecular formula is C27H29NO3. The molecule has 1 aliphatic heterocycles. The van der Waals surface area contributed by atoms with E-state index in [1.54, 1.807) is 0 Å². The molecule has 2 aromatic carbocycles. The van der Waals surface area contributed by atoms with Gasteiger partial charge in [-0.3, -0.25) is 4.79 Å². The van der Waals surface area contributed by atoms with Crippen LogP contribution < -0.4 is 5.32 Å². The van der Waals surface area contributed by atoms with E-state index in [0.717, 1.165) is 52.9 Å². The topological polar surface area (TPSA) is 55.4 Å². The van der Waals surface area contributed by atoms with Gasteiger partial charge in [0.1, 0.15) is 0 Å². The Labute approximate surface area is 184 Å². The Morgan fingerprint density at radius 2 is 1.71 bits per heavy atom. The first-order valence-electron chi connectivity index (χ1n) is 11.0. The van der Waals surface area contributed by atoms with Gasteiger partial charge < -0.3 is 10.1 Å². The average Bonchev–Trinajstić information content (AvgIpc) is 2.78. The zero-order valence-corrected chi connectivity index (χ0v) is 18.4. The molecule has 0 saturated heterocycles. The molecule has 0 spiro atoms. The van der Waals surface area contributed by atoms with E-state index in [2.05, 4.69) is 36.5 Å². The van der Waals surface area contributed by atoms with Crippen LogP contribution in [0, 0.1) is 5.92 Å². The lowest BCUT2D eigenvalue weighted by Crippen LogP contribution is -2.36. The molecular weight excluding hydrogens is 386 g/mol. The van der Waals surface area contributed by atoms with Crippen molar-refractivity contribution < 1.29 is 14.3 Å². The standard InChI is InChI=1S/C27H29NO3/c1-4-8-18-15-22-26(23(29)16-18)25(24(17(2)28-22)27(30)31-3)21-13-11-20(12-14-21)19-9-6-5-7-10-19/h5-7,9-14,18,25,28H,4,8,15-16H2,1-3H3. The Kier molecular flexibility index (Phi) is 6.08. The maximum Gasteiger partial charge on any atom is 0.336 e. The molecule has 2 atom stereocenters. The second-order valence-electron chi connectivity index (χ2n) is 8.45. The normalized spacial score (nSPS) is 20.9. The Hall–Kier alpha value is -3.14. The molecule has 2 aliphatic rings. The fraction of sp³-hybridized carbons (Fsp3) is 0.333. The van der Waals surface area contributed by atoms with Gasteiger partial charge in [-0.05, 0) is 42.4 Å². The van der Waals surface area contributed by atoms with Crippen LogP contribution in [-0.2, 0) is 14.3 Å². The number of allylic oxidation sites excluding steroid dienone is 3. The van der Waals surface area contributed by atoms with Crippen molar-refractivity contribution in [1.82, 2.24) is 5.32 Å². The highest BCUT2D eigenvalue weighted by Crippen LogP contribution is 2.44. The van der Waals surface area contributed by atoms with Crippen LogP contribution >= 0.6 is 0 Å². The lowest BCUT2D eigenvalue weighted by Gasteiger charge is -2.36. The number of Topliss-reactive ketones (excluding diaryl/α,β-unsaturated/α-hetero) is 1. The third-order valence-corrected chi connectivity index (χ3v) is 6.37. The van der Waals surface area contributed by atoms with Crippen LogP contribution in [-0.4, -0.2) is 18.9 Å². The number of rotatable bonds is 5. The Morgan fingerprint density at radius 1 is 1.03 bits per heavy atom. The van der Waals surface area contributed by atoms with Crippen LogP contribution in [0.5, 0.6) is 0 Å². The van der Waals surface area contributed by atoms with Crippen LogP contribution in [0.4, 0.5) is 0 Å². The van der Waals surface area contributed by atoms with Crippen molar-refractivity contribution in [2.75, 3.05) is 7.11 Å². The summed E-state index contributed by atoms with van der Waals surface area (Å²) in [4.78, 5) is 26.0. The predicted octanol–water partition coefficient (Wildman–Crippen LogP) is 5.52. The molecule has 160 valence electrons. The van der Waals surface area contributed by atoms with E-state index in [9.17, 15) is 9.59 Å². The summed E-state index contributed by atoms with van der Waals surface area (Å²) in [6, 6.07) is 18.4. The van der Waals surface area contributed by atoms with Crippen LogP contribution in [0.2, 0.25) is 0 Å². The number of benzene rings is 2. The van der Waals surface area contributed by atoms with Crippen molar-refractivity contribution in [2.45, 2.75) is 45.4 Å². The summed E-state index contributed by atoms with van der Waals surface area (Å²) in [7, 11) is 1.39. The number of carbonyl (C=O) groups excluding carboxylic acids is 2. The summed E-state index contributed by atoms with van der Waals surface area (Å²) < 4.78 is 5.11. The molecule has 0 aromatic heterocycles. The third kappa shape index (κ3) is 4.07. The first-order valence-corrected chi connectivity index (χ1v) is 11.0. The number of ketones is 1. The smallest absolute Gasteiger partial charge is 0.336 e. The third-order valence-electron chi connectivity index (χ3n) is 6.37. The van der Waals surface area contributed by atoms with E-state index in [4.69, 9.17) is 4.74 Å². The van der Waals surface area contributed by atoms with Gasteiger partial charge in [-0.25, -0.2) is 4.79 Å². The monoisotopic (exact) mass is 415 g/mol. The second-order valence-corrected chi connectivity index (χ2v) is 8.45. The summed E-state index contributed by atoms with van der Waals surface area (Å²) in [6.07, 6.45) is 3.49. The van der Waals surface area contributed by atoms with E-state index >= 15 is 0 Å². The number of dihydropyridines is 1. The summed E-state index contributed by atoms with van der Waals surface area (Å²) in [5.41, 5.74) is 6.17. The van der Waals surface area contributed by atoms with Crippen LogP contribution in [0.15, 0.2) is 77.1 Å². The Balaban J connectivity index is 1.78. The maximum absolute atomic E-state index is 13.3. The van der Waals surface area contributed by atoms with Crippen LogP contribution in [0.25, 0.3) is 11.1 Å². The molecule has 0 radical (unpaired) electrons. The SMILES string of the molecule is CCCC1CC(=O)C2=C(C1)NC(C)=C(C(=O)OC)C2c1ccc(-c2ccccc2)cc1. The summed E-state index contributed by atoms with van der Waals surface area (Å²) in [6.45, 7) is 4.05. The predicted molar refractivity (Wildman–Crippen MR) is 122 cm³/mol. The molecule has 0 amide bonds. The molecule has 2 unspecified atom stereocenters. The number of nitrogens with one attached hydrogen (secondary N) is 1. The van der Waals surface area contributed by atoms with Gasteiger partial charge in [0.25, 0.3) is 0 Å². The summed E-state index contributed by atoms with van der Waals surface area (Å²) >= 11 is 0. The number of methoxy groups -OCH3 is 1. The van der Waals surface area contributed by atoms with Crippen molar-refractivity contribution in [3.63, 3.8) is 0 Å². The molecule has 1 N–H and O–H groups in total. The minimum absolute atomic E-state index is 0.137. The van der Waals surface area contributed by atoms with Gasteiger partial charge in [0, 0.05) is 29.3 Å². The van der Waals surface area contributed by atoms with Gasteiger partial charge in [-0.1, -0.05) is 67.9 Å². The first kappa shape index (κ1) is 21.1. The summed E-state index contributed by atoms with van der Waals surface area (Å²) in [5.74, 6) is -0.295. The largest absolute Gasteiger partial charge is 0.466 e. The molecule has 4 heteroatoms. The van der Waals surface area contributed by atoms with Crippen LogP contribution in [0.3, 0.4) is 0 Å².